The second-order valence-corrected chi connectivity index (χ2v) is 4.06. The molecule has 1 heterocycles. The van der Waals surface area contributed by atoms with E-state index in [1.165, 1.54) is 12.1 Å². The monoisotopic (exact) mass is 219 g/mol. The van der Waals surface area contributed by atoms with E-state index in [1.807, 2.05) is 20.8 Å². The van der Waals surface area contributed by atoms with E-state index in [-0.39, 0.29) is 5.82 Å². The van der Waals surface area contributed by atoms with Gasteiger partial charge in [0.25, 0.3) is 0 Å². The lowest BCUT2D eigenvalue weighted by Gasteiger charge is -2.02. The van der Waals surface area contributed by atoms with E-state index in [4.69, 9.17) is 0 Å². The van der Waals surface area contributed by atoms with Crippen molar-refractivity contribution >= 4 is 0 Å². The second-order valence-electron chi connectivity index (χ2n) is 4.06. The fourth-order valence-corrected chi connectivity index (χ4v) is 1.48. The Morgan fingerprint density at radius 1 is 1.19 bits per heavy atom. The van der Waals surface area contributed by atoms with E-state index in [0.29, 0.717) is 5.92 Å². The van der Waals surface area contributed by atoms with E-state index in [1.54, 1.807) is 16.8 Å². The van der Waals surface area contributed by atoms with Gasteiger partial charge in [-0.3, -0.25) is 0 Å². The molecule has 0 atom stereocenters. The molecule has 0 unspecified atom stereocenters. The summed E-state index contributed by atoms with van der Waals surface area (Å²) in [5, 5.41) is 4.39. The van der Waals surface area contributed by atoms with Crippen molar-refractivity contribution in [3.05, 3.63) is 41.7 Å². The maximum absolute atomic E-state index is 12.8. The average molecular weight is 219 g/mol. The molecule has 0 aliphatic carbocycles. The Morgan fingerprint density at radius 3 is 2.31 bits per heavy atom. The molecule has 0 saturated heterocycles. The molecule has 0 N–H and O–H groups in total. The molecule has 0 amide bonds. The maximum Gasteiger partial charge on any atom is 0.153 e. The van der Waals surface area contributed by atoms with Gasteiger partial charge in [-0.05, 0) is 31.2 Å². The van der Waals surface area contributed by atoms with Crippen LogP contribution in [0.3, 0.4) is 0 Å². The van der Waals surface area contributed by atoms with Gasteiger partial charge >= 0.3 is 0 Å². The van der Waals surface area contributed by atoms with Crippen molar-refractivity contribution in [2.24, 2.45) is 0 Å². The van der Waals surface area contributed by atoms with Crippen LogP contribution in [0.1, 0.15) is 31.4 Å². The maximum atomic E-state index is 12.8. The van der Waals surface area contributed by atoms with Crippen molar-refractivity contribution in [3.8, 4) is 5.69 Å². The molecule has 0 bridgehead atoms. The second kappa shape index (κ2) is 4.04. The van der Waals surface area contributed by atoms with Crippen LogP contribution in [0.2, 0.25) is 0 Å². The number of nitrogens with zero attached hydrogens (tertiary/aromatic N) is 3. The third kappa shape index (κ3) is 1.96. The molecule has 0 aliphatic heterocycles. The highest BCUT2D eigenvalue weighted by molar-refractivity contribution is 5.31. The minimum absolute atomic E-state index is 0.245. The number of rotatable bonds is 2. The van der Waals surface area contributed by atoms with E-state index in [9.17, 15) is 4.39 Å². The number of aryl methyl sites for hydroxylation is 1. The summed E-state index contributed by atoms with van der Waals surface area (Å²) in [5.41, 5.74) is 0.832. The van der Waals surface area contributed by atoms with Crippen molar-refractivity contribution in [2.45, 2.75) is 26.7 Å². The third-order valence-corrected chi connectivity index (χ3v) is 2.37. The standard InChI is InChI=1S/C12H14FN3/c1-8(2)12-14-9(3)16(15-12)11-6-4-10(13)5-7-11/h4-8H,1-3H3. The van der Waals surface area contributed by atoms with E-state index >= 15 is 0 Å². The Morgan fingerprint density at radius 2 is 1.81 bits per heavy atom. The largest absolute Gasteiger partial charge is 0.218 e. The summed E-state index contributed by atoms with van der Waals surface area (Å²) in [4.78, 5) is 4.37. The smallest absolute Gasteiger partial charge is 0.153 e. The first-order valence-corrected chi connectivity index (χ1v) is 5.27. The summed E-state index contributed by atoms with van der Waals surface area (Å²) >= 11 is 0. The molecule has 1 aromatic heterocycles. The SMILES string of the molecule is Cc1nc(C(C)C)nn1-c1ccc(F)cc1. The molecule has 0 saturated carbocycles. The van der Waals surface area contributed by atoms with Crippen LogP contribution < -0.4 is 0 Å². The lowest BCUT2D eigenvalue weighted by atomic mass is 10.2. The Labute approximate surface area is 93.9 Å². The Balaban J connectivity index is 2.44. The first-order chi connectivity index (χ1) is 7.58. The zero-order valence-corrected chi connectivity index (χ0v) is 9.61. The molecule has 1 aromatic carbocycles. The first kappa shape index (κ1) is 10.8. The fraction of sp³-hybridized carbons (Fsp3) is 0.333. The first-order valence-electron chi connectivity index (χ1n) is 5.27. The van der Waals surface area contributed by atoms with Crippen molar-refractivity contribution < 1.29 is 4.39 Å². The van der Waals surface area contributed by atoms with Crippen molar-refractivity contribution in [1.29, 1.82) is 0 Å². The average Bonchev–Trinajstić information content (AvgIpc) is 2.62. The summed E-state index contributed by atoms with van der Waals surface area (Å²) in [6, 6.07) is 6.24. The van der Waals surface area contributed by atoms with Crippen molar-refractivity contribution in [3.63, 3.8) is 0 Å². The van der Waals surface area contributed by atoms with Gasteiger partial charge in [-0.25, -0.2) is 14.1 Å². The topological polar surface area (TPSA) is 30.7 Å². The minimum atomic E-state index is -0.245. The van der Waals surface area contributed by atoms with Gasteiger partial charge in [-0.2, -0.15) is 5.10 Å². The van der Waals surface area contributed by atoms with Crippen LogP contribution in [0.5, 0.6) is 0 Å². The van der Waals surface area contributed by atoms with Gasteiger partial charge in [0, 0.05) is 5.92 Å². The van der Waals surface area contributed by atoms with Crippen LogP contribution >= 0.6 is 0 Å². The quantitative estimate of drug-likeness (QED) is 0.777. The van der Waals surface area contributed by atoms with Crippen molar-refractivity contribution in [2.75, 3.05) is 0 Å². The van der Waals surface area contributed by atoms with Crippen LogP contribution in [0.4, 0.5) is 4.39 Å². The van der Waals surface area contributed by atoms with Gasteiger partial charge in [-0.15, -0.1) is 0 Å². The molecule has 0 fully saturated rings. The van der Waals surface area contributed by atoms with E-state index < -0.39 is 0 Å². The molecule has 2 aromatic rings. The van der Waals surface area contributed by atoms with E-state index in [2.05, 4.69) is 10.1 Å². The number of aromatic nitrogens is 3. The van der Waals surface area contributed by atoms with Gasteiger partial charge < -0.3 is 0 Å². The van der Waals surface area contributed by atoms with Gasteiger partial charge in [0.2, 0.25) is 0 Å². The van der Waals surface area contributed by atoms with Crippen LogP contribution in [-0.2, 0) is 0 Å². The van der Waals surface area contributed by atoms with Gasteiger partial charge in [0.1, 0.15) is 11.6 Å². The van der Waals surface area contributed by atoms with Crippen molar-refractivity contribution in [1.82, 2.24) is 14.8 Å². The molecule has 2 rings (SSSR count). The number of halogens is 1. The van der Waals surface area contributed by atoms with Gasteiger partial charge in [-0.1, -0.05) is 13.8 Å². The van der Waals surface area contributed by atoms with E-state index in [0.717, 1.165) is 17.3 Å². The highest BCUT2D eigenvalue weighted by Gasteiger charge is 2.10. The van der Waals surface area contributed by atoms with Crippen LogP contribution in [0.25, 0.3) is 5.69 Å². The van der Waals surface area contributed by atoms with Crippen LogP contribution in [0.15, 0.2) is 24.3 Å². The highest BCUT2D eigenvalue weighted by atomic mass is 19.1. The van der Waals surface area contributed by atoms with Crippen LogP contribution in [0, 0.1) is 12.7 Å². The molecule has 0 aliphatic rings. The summed E-state index contributed by atoms with van der Waals surface area (Å²) in [6.45, 7) is 5.98. The molecule has 84 valence electrons. The number of benzene rings is 1. The van der Waals surface area contributed by atoms with Crippen LogP contribution in [-0.4, -0.2) is 14.8 Å². The predicted octanol–water partition coefficient (Wildman–Crippen LogP) is 2.84. The van der Waals surface area contributed by atoms with Gasteiger partial charge in [0.15, 0.2) is 5.82 Å². The van der Waals surface area contributed by atoms with Gasteiger partial charge in [0.05, 0.1) is 5.69 Å². The Hall–Kier alpha value is -1.71. The zero-order chi connectivity index (χ0) is 11.7. The molecular formula is C12H14FN3. The highest BCUT2D eigenvalue weighted by Crippen LogP contribution is 2.14. The predicted molar refractivity (Wildman–Crippen MR) is 60.1 cm³/mol. The molecule has 0 radical (unpaired) electrons. The summed E-state index contributed by atoms with van der Waals surface area (Å²) in [5.74, 6) is 1.67. The molecular weight excluding hydrogens is 205 g/mol. The fourth-order valence-electron chi connectivity index (χ4n) is 1.48. The minimum Gasteiger partial charge on any atom is -0.218 e. The lowest BCUT2D eigenvalue weighted by Crippen LogP contribution is -1.99. The molecule has 4 heteroatoms. The zero-order valence-electron chi connectivity index (χ0n) is 9.61. The normalized spacial score (nSPS) is 11.1. The third-order valence-electron chi connectivity index (χ3n) is 2.37. The Kier molecular flexibility index (Phi) is 2.73. The molecule has 16 heavy (non-hydrogen) atoms. The Bertz CT molecular complexity index is 485. The lowest BCUT2D eigenvalue weighted by molar-refractivity contribution is 0.626. The molecule has 0 spiro atoms. The summed E-state index contributed by atoms with van der Waals surface area (Å²) in [6.07, 6.45) is 0. The summed E-state index contributed by atoms with van der Waals surface area (Å²) < 4.78 is 14.5. The summed E-state index contributed by atoms with van der Waals surface area (Å²) in [7, 11) is 0. The number of hydrogen-bond donors (Lipinski definition) is 0. The molecule has 3 nitrogen and oxygen atoms in total. The number of hydrogen-bond acceptors (Lipinski definition) is 2.